The number of anilines is 1. The van der Waals surface area contributed by atoms with Gasteiger partial charge in [-0.3, -0.25) is 5.04 Å². The third-order valence-corrected chi connectivity index (χ3v) is 5.88. The number of hydrogen-bond acceptors (Lipinski definition) is 12. The Bertz CT molecular complexity index is 1610. The van der Waals surface area contributed by atoms with Crippen molar-refractivity contribution in [2.24, 2.45) is 20.5 Å². The van der Waals surface area contributed by atoms with E-state index in [0.29, 0.717) is 52.2 Å². The molecular weight excluding hydrogens is 545 g/mol. The summed E-state index contributed by atoms with van der Waals surface area (Å²) in [6, 6.07) is 17.2. The molecule has 0 aliphatic carbocycles. The van der Waals surface area contributed by atoms with Crippen molar-refractivity contribution in [3.05, 3.63) is 66.2 Å². The van der Waals surface area contributed by atoms with E-state index in [4.69, 9.17) is 21.6 Å². The fraction of sp³-hybridized carbons (Fsp3) is 0.111. The summed E-state index contributed by atoms with van der Waals surface area (Å²) in [5.74, 6) is 0.245. The van der Waals surface area contributed by atoms with Gasteiger partial charge in [0.2, 0.25) is 0 Å². The van der Waals surface area contributed by atoms with Gasteiger partial charge in [-0.25, -0.2) is 0 Å². The molecule has 4 rings (SSSR count). The Morgan fingerprint density at radius 2 is 1.75 bits per heavy atom. The summed E-state index contributed by atoms with van der Waals surface area (Å²) in [4.78, 5) is 0.248. The largest absolute Gasteiger partial charge is 1.00 e. The Labute approximate surface area is 256 Å². The number of nitrogens with zero attached hydrogens (tertiary/aromatic N) is 4. The van der Waals surface area contributed by atoms with Crippen LogP contribution in [0.2, 0.25) is 0 Å². The number of aryl methyl sites for hydroxylation is 1. The molecule has 13 heteroatoms. The van der Waals surface area contributed by atoms with Crippen LogP contribution in [-0.2, 0) is 9.37 Å². The third kappa shape index (κ3) is 7.50. The number of benzene rings is 4. The van der Waals surface area contributed by atoms with Gasteiger partial charge in [-0.15, -0.1) is 15.3 Å². The molecular formula is C27H22N5NaO6S. The number of ether oxygens (including phenoxy) is 2. The Balaban J connectivity index is 0.00000441. The second-order valence-corrected chi connectivity index (χ2v) is 8.69. The zero-order chi connectivity index (χ0) is 27.8. The number of phenols is 1. The SMILES string of the molecule is C#COc1cc(N=Nc2cccc(C)c2)c(OCC)cc1N=Nc1c(SOO[O-])cc2ccc(N)cc2c1O.[Na+]. The summed E-state index contributed by atoms with van der Waals surface area (Å²) in [5, 5.41) is 43.0. The molecule has 198 valence electrons. The molecule has 0 aliphatic rings. The van der Waals surface area contributed by atoms with Crippen LogP contribution in [0.15, 0.2) is 86.0 Å². The molecule has 0 fully saturated rings. The van der Waals surface area contributed by atoms with Crippen molar-refractivity contribution >= 4 is 51.3 Å². The number of nitrogens with two attached hydrogens (primary N) is 1. The fourth-order valence-corrected chi connectivity index (χ4v) is 4.08. The van der Waals surface area contributed by atoms with E-state index in [1.807, 2.05) is 38.1 Å². The molecule has 0 radical (unpaired) electrons. The first-order valence-corrected chi connectivity index (χ1v) is 12.2. The van der Waals surface area contributed by atoms with Crippen molar-refractivity contribution in [1.82, 2.24) is 0 Å². The summed E-state index contributed by atoms with van der Waals surface area (Å²) < 4.78 is 15.5. The summed E-state index contributed by atoms with van der Waals surface area (Å²) in [7, 11) is 0. The minimum Gasteiger partial charge on any atom is -0.691 e. The van der Waals surface area contributed by atoms with Gasteiger partial charge in [0, 0.05) is 23.2 Å². The van der Waals surface area contributed by atoms with E-state index in [2.05, 4.69) is 35.9 Å². The maximum Gasteiger partial charge on any atom is 1.00 e. The molecule has 0 saturated carbocycles. The monoisotopic (exact) mass is 567 g/mol. The van der Waals surface area contributed by atoms with E-state index >= 15 is 0 Å². The molecule has 0 spiro atoms. The average Bonchev–Trinajstić information content (AvgIpc) is 2.92. The molecule has 0 saturated heterocycles. The molecule has 0 aliphatic heterocycles. The normalized spacial score (nSPS) is 11.1. The molecule has 4 aromatic carbocycles. The van der Waals surface area contributed by atoms with Crippen LogP contribution in [0, 0.1) is 19.5 Å². The first-order chi connectivity index (χ1) is 18.9. The zero-order valence-corrected chi connectivity index (χ0v) is 24.6. The predicted octanol–water partition coefficient (Wildman–Crippen LogP) is 3.87. The van der Waals surface area contributed by atoms with Crippen LogP contribution >= 0.6 is 12.0 Å². The standard InChI is InChI=1S/C27H23N5O6S.Na/c1-4-35-23-15-22(24(36-5-2)14-21(23)30-29-19-8-6-7-16(3)11-19)31-32-26-25(39-38-37-34)12-17-9-10-18(28)13-20(17)27(26)33;/h2,6-15,33-34H,4,28H2,1,3H3;/q;+1/p-1. The van der Waals surface area contributed by atoms with E-state index < -0.39 is 0 Å². The summed E-state index contributed by atoms with van der Waals surface area (Å²) in [6.07, 6.45) is 7.51. The molecule has 0 atom stereocenters. The number of azo groups is 2. The van der Waals surface area contributed by atoms with E-state index in [1.165, 1.54) is 12.1 Å². The molecule has 11 nitrogen and oxygen atoms in total. The van der Waals surface area contributed by atoms with Gasteiger partial charge < -0.3 is 25.6 Å². The van der Waals surface area contributed by atoms with Crippen LogP contribution in [0.5, 0.6) is 17.2 Å². The number of hydrogen-bond donors (Lipinski definition) is 2. The Morgan fingerprint density at radius 3 is 2.48 bits per heavy atom. The van der Waals surface area contributed by atoms with E-state index in [0.717, 1.165) is 5.56 Å². The predicted molar refractivity (Wildman–Crippen MR) is 145 cm³/mol. The van der Waals surface area contributed by atoms with E-state index in [1.54, 1.807) is 24.3 Å². The van der Waals surface area contributed by atoms with Crippen LogP contribution in [0.1, 0.15) is 12.5 Å². The number of terminal acetylenes is 1. The molecule has 3 N–H and O–H groups in total. The summed E-state index contributed by atoms with van der Waals surface area (Å²) in [6.45, 7) is 4.10. The first-order valence-electron chi connectivity index (χ1n) is 11.4. The van der Waals surface area contributed by atoms with E-state index in [-0.39, 0.29) is 57.3 Å². The van der Waals surface area contributed by atoms with Gasteiger partial charge in [-0.1, -0.05) is 24.6 Å². The fourth-order valence-electron chi connectivity index (χ4n) is 3.59. The van der Waals surface area contributed by atoms with Crippen molar-refractivity contribution in [2.75, 3.05) is 12.3 Å². The molecule has 0 amide bonds. The average molecular weight is 568 g/mol. The number of fused-ring (bicyclic) bond motifs is 1. The minimum atomic E-state index is -0.242. The molecule has 0 unspecified atom stereocenters. The van der Waals surface area contributed by atoms with Crippen molar-refractivity contribution in [2.45, 2.75) is 18.7 Å². The van der Waals surface area contributed by atoms with Crippen LogP contribution in [0.25, 0.3) is 10.8 Å². The number of aromatic hydroxyl groups is 1. The summed E-state index contributed by atoms with van der Waals surface area (Å²) >= 11 is 0.554. The second kappa shape index (κ2) is 14.6. The van der Waals surface area contributed by atoms with Gasteiger partial charge in [0.15, 0.2) is 11.5 Å². The number of nitrogen functional groups attached to an aromatic ring is 1. The first kappa shape index (κ1) is 30.9. The van der Waals surface area contributed by atoms with Gasteiger partial charge in [-0.2, -0.15) is 9.45 Å². The smallest absolute Gasteiger partial charge is 0.691 e. The van der Waals surface area contributed by atoms with Crippen LogP contribution in [-0.4, -0.2) is 11.7 Å². The van der Waals surface area contributed by atoms with Crippen molar-refractivity contribution < 1.29 is 58.8 Å². The molecule has 40 heavy (non-hydrogen) atoms. The van der Waals surface area contributed by atoms with Gasteiger partial charge in [0.05, 0.1) is 29.2 Å². The van der Waals surface area contributed by atoms with Crippen molar-refractivity contribution in [1.29, 1.82) is 0 Å². The number of phenolic OH excluding ortho intramolecular Hbond substituents is 1. The summed E-state index contributed by atoms with van der Waals surface area (Å²) in [5.41, 5.74) is 8.52. The van der Waals surface area contributed by atoms with Gasteiger partial charge in [-0.05, 0) is 55.1 Å². The Kier molecular flexibility index (Phi) is 11.3. The quantitative estimate of drug-likeness (QED) is 0.0557. The van der Waals surface area contributed by atoms with Crippen LogP contribution in [0.4, 0.5) is 28.4 Å². The Morgan fingerprint density at radius 1 is 1.00 bits per heavy atom. The molecule has 0 heterocycles. The van der Waals surface area contributed by atoms with E-state index in [9.17, 15) is 10.4 Å². The Hall–Kier alpha value is -3.67. The van der Waals surface area contributed by atoms with Gasteiger partial charge in [0.1, 0.15) is 28.9 Å². The topological polar surface area (TPSA) is 156 Å². The third-order valence-electron chi connectivity index (χ3n) is 5.27. The minimum absolute atomic E-state index is 0. The zero-order valence-electron chi connectivity index (χ0n) is 21.8. The van der Waals surface area contributed by atoms with Crippen LogP contribution < -0.4 is 50.0 Å². The van der Waals surface area contributed by atoms with Crippen molar-refractivity contribution in [3.63, 3.8) is 0 Å². The second-order valence-electron chi connectivity index (χ2n) is 7.95. The maximum absolute atomic E-state index is 11.0. The maximum atomic E-state index is 11.0. The molecule has 4 aromatic rings. The van der Waals surface area contributed by atoms with Gasteiger partial charge >= 0.3 is 29.6 Å². The van der Waals surface area contributed by atoms with Crippen molar-refractivity contribution in [3.8, 4) is 29.8 Å². The van der Waals surface area contributed by atoms with Crippen LogP contribution in [0.3, 0.4) is 0 Å². The number of rotatable bonds is 10. The van der Waals surface area contributed by atoms with Gasteiger partial charge in [0.25, 0.3) is 0 Å². The molecule has 0 aromatic heterocycles. The molecule has 0 bridgehead atoms.